The van der Waals surface area contributed by atoms with Crippen LogP contribution in [-0.4, -0.2) is 14.0 Å². The highest BCUT2D eigenvalue weighted by molar-refractivity contribution is 6.49. The number of hydrogen-bond acceptors (Lipinski definition) is 3. The third kappa shape index (κ3) is 2.68. The molecule has 0 amide bonds. The molecule has 0 fully saturated rings. The summed E-state index contributed by atoms with van der Waals surface area (Å²) in [7, 11) is 4.93. The van der Waals surface area contributed by atoms with Gasteiger partial charge in [0, 0.05) is 0 Å². The summed E-state index contributed by atoms with van der Waals surface area (Å²) in [5.74, 6) is 0.0344. The fraction of sp³-hybridized carbons (Fsp3) is 0.222. The molecule has 1 rings (SSSR count). The van der Waals surface area contributed by atoms with Crippen molar-refractivity contribution in [1.29, 1.82) is 0 Å². The minimum Gasteiger partial charge on any atom is -0.396 e. The zero-order valence-corrected chi connectivity index (χ0v) is 8.38. The van der Waals surface area contributed by atoms with Crippen LogP contribution in [0.1, 0.15) is 11.1 Å². The van der Waals surface area contributed by atoms with Crippen molar-refractivity contribution in [3.05, 3.63) is 23.3 Å². The highest BCUT2D eigenvalue weighted by Gasteiger charge is 2.33. The van der Waals surface area contributed by atoms with Crippen molar-refractivity contribution >= 4 is 19.6 Å². The maximum Gasteiger partial charge on any atom is 0.416 e. The molecule has 0 aromatic heterocycles. The van der Waals surface area contributed by atoms with Gasteiger partial charge in [-0.3, -0.25) is 0 Å². The molecule has 16 heavy (non-hydrogen) atoms. The number of halogens is 3. The summed E-state index contributed by atoms with van der Waals surface area (Å²) in [5, 5.41) is 3.23. The fourth-order valence-electron chi connectivity index (χ4n) is 1.17. The predicted molar refractivity (Wildman–Crippen MR) is 55.5 cm³/mol. The maximum atomic E-state index is 12.5. The Hall–Kier alpha value is -1.66. The van der Waals surface area contributed by atoms with Crippen molar-refractivity contribution in [2.75, 3.05) is 5.73 Å². The van der Waals surface area contributed by atoms with E-state index in [1.807, 2.05) is 0 Å². The van der Waals surface area contributed by atoms with Gasteiger partial charge in [0.05, 0.1) is 11.3 Å². The monoisotopic (exact) mass is 228 g/mol. The highest BCUT2D eigenvalue weighted by atomic mass is 19.4. The summed E-state index contributed by atoms with van der Waals surface area (Å²) in [6, 6.07) is 1.96. The third-order valence-electron chi connectivity index (χ3n) is 1.87. The lowest BCUT2D eigenvalue weighted by Gasteiger charge is -2.12. The molecule has 0 aliphatic heterocycles. The standard InChI is InChI=1S/C9H8BF3N2O/c1-5-2-8(16-15-4-10)7(14)3-6(5)9(11,12)13/h2-4H,14H2,1H3. The molecule has 0 spiro atoms. The summed E-state index contributed by atoms with van der Waals surface area (Å²) in [4.78, 5) is 4.69. The lowest BCUT2D eigenvalue weighted by molar-refractivity contribution is -0.138. The number of alkyl halides is 3. The van der Waals surface area contributed by atoms with E-state index in [2.05, 4.69) is 9.99 Å². The molecular formula is C9H8BF3N2O. The van der Waals surface area contributed by atoms with E-state index in [-0.39, 0.29) is 17.0 Å². The van der Waals surface area contributed by atoms with Crippen molar-refractivity contribution in [2.24, 2.45) is 5.16 Å². The SMILES string of the molecule is [B]C=NOc1cc(C)c(C(F)(F)F)cc1N. The van der Waals surface area contributed by atoms with E-state index >= 15 is 0 Å². The van der Waals surface area contributed by atoms with Crippen molar-refractivity contribution in [2.45, 2.75) is 13.1 Å². The molecule has 0 unspecified atom stereocenters. The summed E-state index contributed by atoms with van der Waals surface area (Å²) in [6.07, 6.45) is -3.57. The molecule has 0 aliphatic carbocycles. The molecule has 0 aliphatic rings. The Morgan fingerprint density at radius 1 is 1.44 bits per heavy atom. The van der Waals surface area contributed by atoms with E-state index < -0.39 is 11.7 Å². The van der Waals surface area contributed by atoms with Crippen molar-refractivity contribution in [3.63, 3.8) is 0 Å². The van der Waals surface area contributed by atoms with E-state index in [0.29, 0.717) is 0 Å². The lowest BCUT2D eigenvalue weighted by Crippen LogP contribution is -2.08. The number of hydrogen-bond donors (Lipinski definition) is 1. The largest absolute Gasteiger partial charge is 0.416 e. The average Bonchev–Trinajstić information content (AvgIpc) is 2.17. The van der Waals surface area contributed by atoms with Crippen LogP contribution in [0.2, 0.25) is 0 Å². The first-order valence-electron chi connectivity index (χ1n) is 4.24. The first kappa shape index (κ1) is 12.4. The second-order valence-corrected chi connectivity index (χ2v) is 3.05. The van der Waals surface area contributed by atoms with Gasteiger partial charge in [0.1, 0.15) is 7.85 Å². The highest BCUT2D eigenvalue weighted by Crippen LogP contribution is 2.36. The first-order chi connectivity index (χ1) is 7.36. The number of nitrogens with zero attached hydrogens (tertiary/aromatic N) is 1. The Labute approximate surface area is 91.5 Å². The van der Waals surface area contributed by atoms with Gasteiger partial charge in [-0.25, -0.2) is 0 Å². The van der Waals surface area contributed by atoms with Gasteiger partial charge in [0.15, 0.2) is 5.75 Å². The van der Waals surface area contributed by atoms with Crippen molar-refractivity contribution in [1.82, 2.24) is 0 Å². The molecule has 1 aromatic rings. The van der Waals surface area contributed by atoms with Crippen LogP contribution in [-0.2, 0) is 6.18 Å². The summed E-state index contributed by atoms with van der Waals surface area (Å²) in [5.41, 5.74) is 4.44. The number of rotatable bonds is 2. The van der Waals surface area contributed by atoms with Crippen LogP contribution in [0, 0.1) is 6.92 Å². The molecule has 0 saturated carbocycles. The van der Waals surface area contributed by atoms with Gasteiger partial charge in [-0.15, -0.1) is 5.16 Å². The number of nitrogen functional groups attached to an aromatic ring is 1. The van der Waals surface area contributed by atoms with Crippen LogP contribution >= 0.6 is 0 Å². The molecular weight excluding hydrogens is 220 g/mol. The Morgan fingerprint density at radius 2 is 2.06 bits per heavy atom. The van der Waals surface area contributed by atoms with Gasteiger partial charge in [0.25, 0.3) is 0 Å². The van der Waals surface area contributed by atoms with Gasteiger partial charge in [-0.1, -0.05) is 0 Å². The second kappa shape index (κ2) is 4.46. The molecule has 2 N–H and O–H groups in total. The summed E-state index contributed by atoms with van der Waals surface area (Å²) >= 11 is 0. The summed E-state index contributed by atoms with van der Waals surface area (Å²) < 4.78 is 37.4. The van der Waals surface area contributed by atoms with Gasteiger partial charge in [0.2, 0.25) is 0 Å². The first-order valence-corrected chi connectivity index (χ1v) is 4.24. The molecule has 1 aromatic carbocycles. The second-order valence-electron chi connectivity index (χ2n) is 3.05. The molecule has 0 heterocycles. The lowest BCUT2D eigenvalue weighted by atomic mass is 10.1. The molecule has 0 atom stereocenters. The Morgan fingerprint density at radius 3 is 2.56 bits per heavy atom. The molecule has 7 heteroatoms. The fourth-order valence-corrected chi connectivity index (χ4v) is 1.17. The smallest absolute Gasteiger partial charge is 0.396 e. The van der Waals surface area contributed by atoms with Gasteiger partial charge in [-0.2, -0.15) is 13.2 Å². The van der Waals surface area contributed by atoms with Crippen LogP contribution in [0.4, 0.5) is 18.9 Å². The zero-order valence-electron chi connectivity index (χ0n) is 8.38. The van der Waals surface area contributed by atoms with Crippen molar-refractivity contribution in [3.8, 4) is 5.75 Å². The van der Waals surface area contributed by atoms with Gasteiger partial charge >= 0.3 is 6.18 Å². The number of anilines is 1. The number of nitrogens with two attached hydrogens (primary N) is 1. The minimum absolute atomic E-state index is 0.00363. The topological polar surface area (TPSA) is 47.6 Å². The minimum atomic E-state index is -4.44. The number of benzene rings is 1. The molecule has 84 valence electrons. The number of oxime groups is 1. The Kier molecular flexibility index (Phi) is 3.46. The van der Waals surface area contributed by atoms with E-state index in [1.54, 1.807) is 0 Å². The van der Waals surface area contributed by atoms with Crippen LogP contribution in [0.5, 0.6) is 5.75 Å². The molecule has 2 radical (unpaired) electrons. The van der Waals surface area contributed by atoms with Gasteiger partial charge in [-0.05, 0) is 30.7 Å². The Balaban J connectivity index is 3.17. The van der Waals surface area contributed by atoms with Crippen LogP contribution in [0.15, 0.2) is 17.3 Å². The molecule has 0 bridgehead atoms. The maximum absolute atomic E-state index is 12.5. The van der Waals surface area contributed by atoms with Crippen LogP contribution in [0.25, 0.3) is 0 Å². The van der Waals surface area contributed by atoms with E-state index in [4.69, 9.17) is 13.6 Å². The zero-order chi connectivity index (χ0) is 12.3. The van der Waals surface area contributed by atoms with E-state index in [9.17, 15) is 13.2 Å². The van der Waals surface area contributed by atoms with E-state index in [1.165, 1.54) is 6.92 Å². The molecule has 0 saturated heterocycles. The molecule has 3 nitrogen and oxygen atoms in total. The van der Waals surface area contributed by atoms with E-state index in [0.717, 1.165) is 18.2 Å². The third-order valence-corrected chi connectivity index (χ3v) is 1.87. The van der Waals surface area contributed by atoms with Crippen LogP contribution in [0.3, 0.4) is 0 Å². The van der Waals surface area contributed by atoms with Crippen molar-refractivity contribution < 1.29 is 18.0 Å². The summed E-state index contributed by atoms with van der Waals surface area (Å²) in [6.45, 7) is 1.31. The number of aryl methyl sites for hydroxylation is 1. The van der Waals surface area contributed by atoms with Crippen LogP contribution < -0.4 is 10.6 Å². The quantitative estimate of drug-likeness (QED) is 0.364. The predicted octanol–water partition coefficient (Wildman–Crippen LogP) is 2.09. The Bertz CT molecular complexity index is 418. The van der Waals surface area contributed by atoms with Gasteiger partial charge < -0.3 is 10.6 Å². The normalized spacial score (nSPS) is 12.0. The average molecular weight is 228 g/mol.